The smallest absolute Gasteiger partial charge is 0.397 e. The lowest BCUT2D eigenvalue weighted by atomic mass is 10.0. The van der Waals surface area contributed by atoms with Crippen molar-refractivity contribution in [1.29, 1.82) is 5.26 Å². The van der Waals surface area contributed by atoms with E-state index in [4.69, 9.17) is 9.47 Å². The lowest BCUT2D eigenvalue weighted by molar-refractivity contribution is -0.153. The molecule has 31 heavy (non-hydrogen) atoms. The van der Waals surface area contributed by atoms with Gasteiger partial charge in [0.25, 0.3) is 6.43 Å². The molecule has 0 bridgehead atoms. The molecule has 0 aromatic carbocycles. The number of hydrogen-bond donors (Lipinski definition) is 1. The number of aromatic nitrogens is 3. The molecule has 1 fully saturated rings. The summed E-state index contributed by atoms with van der Waals surface area (Å²) < 4.78 is 78.5. The molecule has 3 atom stereocenters. The minimum Gasteiger partial charge on any atom is -0.458 e. The van der Waals surface area contributed by atoms with E-state index < -0.39 is 59.0 Å². The van der Waals surface area contributed by atoms with Crippen LogP contribution in [0.5, 0.6) is 0 Å². The van der Waals surface area contributed by atoms with Crippen molar-refractivity contribution in [3.05, 3.63) is 23.0 Å². The van der Waals surface area contributed by atoms with Gasteiger partial charge in [-0.25, -0.2) is 18.3 Å². The van der Waals surface area contributed by atoms with Crippen LogP contribution in [0.15, 0.2) is 6.20 Å². The lowest BCUT2D eigenvalue weighted by Gasteiger charge is -2.31. The molecule has 3 heterocycles. The summed E-state index contributed by atoms with van der Waals surface area (Å²) in [6, 6.07) is 0.940. The zero-order chi connectivity index (χ0) is 22.9. The highest BCUT2D eigenvalue weighted by Gasteiger charge is 2.42. The van der Waals surface area contributed by atoms with E-state index in [1.807, 2.05) is 0 Å². The number of nitrogens with zero attached hydrogens (tertiary/aromatic N) is 4. The molecule has 168 valence electrons. The number of anilines is 1. The van der Waals surface area contributed by atoms with E-state index in [2.05, 4.69) is 15.4 Å². The molecule has 1 saturated heterocycles. The summed E-state index contributed by atoms with van der Waals surface area (Å²) in [6.45, 7) is 2.40. The second kappa shape index (κ2) is 8.62. The Labute approximate surface area is 172 Å². The van der Waals surface area contributed by atoms with Crippen LogP contribution in [0, 0.1) is 11.3 Å². The van der Waals surface area contributed by atoms with Crippen molar-refractivity contribution in [3.8, 4) is 6.07 Å². The van der Waals surface area contributed by atoms with Crippen molar-refractivity contribution < 1.29 is 36.2 Å². The molecule has 0 radical (unpaired) electrons. The number of ether oxygens (including phenoxy) is 2. The monoisotopic (exact) mass is 447 g/mol. The van der Waals surface area contributed by atoms with Gasteiger partial charge in [0.2, 0.25) is 5.95 Å². The van der Waals surface area contributed by atoms with Crippen LogP contribution in [-0.2, 0) is 14.3 Å². The van der Waals surface area contributed by atoms with Crippen LogP contribution < -0.4 is 5.32 Å². The van der Waals surface area contributed by atoms with Crippen molar-refractivity contribution in [3.63, 3.8) is 0 Å². The van der Waals surface area contributed by atoms with E-state index in [1.54, 1.807) is 0 Å². The first-order chi connectivity index (χ1) is 14.5. The third-order valence-corrected chi connectivity index (χ3v) is 4.93. The number of rotatable bonds is 5. The Morgan fingerprint density at radius 1 is 1.45 bits per heavy atom. The van der Waals surface area contributed by atoms with Crippen molar-refractivity contribution in [2.24, 2.45) is 0 Å². The van der Waals surface area contributed by atoms with Crippen LogP contribution in [0.25, 0.3) is 5.52 Å². The van der Waals surface area contributed by atoms with Crippen LogP contribution in [0.3, 0.4) is 0 Å². The van der Waals surface area contributed by atoms with E-state index >= 15 is 0 Å². The first-order valence-electron chi connectivity index (χ1n) is 9.22. The van der Waals surface area contributed by atoms with Crippen molar-refractivity contribution in [1.82, 2.24) is 14.6 Å². The fourth-order valence-corrected chi connectivity index (χ4v) is 3.42. The fourth-order valence-electron chi connectivity index (χ4n) is 3.42. The Kier molecular flexibility index (Phi) is 6.30. The second-order valence-corrected chi connectivity index (χ2v) is 6.99. The van der Waals surface area contributed by atoms with Gasteiger partial charge in [0, 0.05) is 13.5 Å². The topological polar surface area (TPSA) is 102 Å². The third-order valence-electron chi connectivity index (χ3n) is 4.93. The molecule has 3 rings (SSSR count). The van der Waals surface area contributed by atoms with Gasteiger partial charge in [-0.15, -0.1) is 5.10 Å². The van der Waals surface area contributed by atoms with Gasteiger partial charge in [-0.1, -0.05) is 0 Å². The molecule has 0 aliphatic carbocycles. The highest BCUT2D eigenvalue weighted by molar-refractivity contribution is 5.66. The maximum absolute atomic E-state index is 13.6. The molecule has 1 unspecified atom stereocenters. The molecule has 0 amide bonds. The second-order valence-electron chi connectivity index (χ2n) is 6.99. The Hall–Kier alpha value is -3.01. The SMILES string of the molecule is CC(=O)O[C@@H]1COCC[C@H]1Nc1ncc2c(C(F)F)c(C#N)c(C(C)C(F)(F)F)n2n1. The van der Waals surface area contributed by atoms with Crippen LogP contribution in [0.1, 0.15) is 49.4 Å². The average Bonchev–Trinajstić information content (AvgIpc) is 3.01. The summed E-state index contributed by atoms with van der Waals surface area (Å²) in [6.07, 6.45) is -7.38. The molecule has 13 heteroatoms. The van der Waals surface area contributed by atoms with E-state index in [1.165, 1.54) is 13.0 Å². The van der Waals surface area contributed by atoms with Crippen molar-refractivity contribution in [2.45, 2.75) is 50.9 Å². The summed E-state index contributed by atoms with van der Waals surface area (Å²) in [7, 11) is 0. The minimum absolute atomic E-state index is 0.0908. The predicted molar refractivity (Wildman–Crippen MR) is 95.5 cm³/mol. The molecule has 8 nitrogen and oxygen atoms in total. The standard InChI is InChI=1S/C18H18F5N5O3/c1-8(18(21,22)23)15-10(5-24)14(16(19)20)12-6-25-17(27-28(12)15)26-11-3-4-30-7-13(11)31-9(2)29/h6,8,11,13,16H,3-4,7H2,1-2H3,(H,26,27)/t8?,11-,13-/m1/s1. The zero-order valence-electron chi connectivity index (χ0n) is 16.4. The number of alkyl halides is 5. The van der Waals surface area contributed by atoms with E-state index in [0.717, 1.165) is 13.1 Å². The molecule has 0 saturated carbocycles. The number of halogens is 5. The van der Waals surface area contributed by atoms with Gasteiger partial charge in [-0.3, -0.25) is 4.79 Å². The van der Waals surface area contributed by atoms with Crippen molar-refractivity contribution in [2.75, 3.05) is 18.5 Å². The molecule has 1 N–H and O–H groups in total. The van der Waals surface area contributed by atoms with Gasteiger partial charge in [-0.2, -0.15) is 18.4 Å². The molecule has 0 spiro atoms. The van der Waals surface area contributed by atoms with Gasteiger partial charge in [0.05, 0.1) is 47.1 Å². The van der Waals surface area contributed by atoms with Gasteiger partial charge in [0.15, 0.2) is 0 Å². The number of fused-ring (bicyclic) bond motifs is 1. The number of esters is 1. The first-order valence-corrected chi connectivity index (χ1v) is 9.22. The van der Waals surface area contributed by atoms with Gasteiger partial charge in [-0.05, 0) is 13.3 Å². The highest BCUT2D eigenvalue weighted by Crippen LogP contribution is 2.41. The highest BCUT2D eigenvalue weighted by atomic mass is 19.4. The molecular weight excluding hydrogens is 429 g/mol. The number of carbonyl (C=O) groups is 1. The normalized spacial score (nSPS) is 20.5. The van der Waals surface area contributed by atoms with Crippen LogP contribution >= 0.6 is 0 Å². The summed E-state index contributed by atoms with van der Waals surface area (Å²) in [5.74, 6) is -2.96. The Balaban J connectivity index is 2.08. The quantitative estimate of drug-likeness (QED) is 0.554. The van der Waals surface area contributed by atoms with E-state index in [0.29, 0.717) is 17.5 Å². The summed E-state index contributed by atoms with van der Waals surface area (Å²) >= 11 is 0. The van der Waals surface area contributed by atoms with Gasteiger partial charge < -0.3 is 14.8 Å². The number of nitriles is 1. The number of carbonyl (C=O) groups excluding carboxylic acids is 1. The van der Waals surface area contributed by atoms with Gasteiger partial charge in [0.1, 0.15) is 12.2 Å². The van der Waals surface area contributed by atoms with Gasteiger partial charge >= 0.3 is 12.1 Å². The summed E-state index contributed by atoms with van der Waals surface area (Å²) in [4.78, 5) is 15.2. The first kappa shape index (κ1) is 22.7. The number of nitrogens with one attached hydrogen (secondary N) is 1. The number of hydrogen-bond acceptors (Lipinski definition) is 7. The predicted octanol–water partition coefficient (Wildman–Crippen LogP) is 3.34. The van der Waals surface area contributed by atoms with E-state index in [9.17, 15) is 32.0 Å². The van der Waals surface area contributed by atoms with Crippen LogP contribution in [0.2, 0.25) is 0 Å². The Morgan fingerprint density at radius 3 is 2.74 bits per heavy atom. The molecular formula is C18H18F5N5O3. The summed E-state index contributed by atoms with van der Waals surface area (Å²) in [5, 5.41) is 16.1. The minimum atomic E-state index is -4.79. The van der Waals surface area contributed by atoms with E-state index in [-0.39, 0.29) is 12.6 Å². The molecule has 2 aromatic rings. The third kappa shape index (κ3) is 4.53. The van der Waals surface area contributed by atoms with Crippen LogP contribution in [0.4, 0.5) is 27.9 Å². The molecule has 2 aromatic heterocycles. The molecule has 1 aliphatic rings. The Bertz CT molecular complexity index is 1020. The van der Waals surface area contributed by atoms with Crippen molar-refractivity contribution >= 4 is 17.4 Å². The Morgan fingerprint density at radius 2 is 2.16 bits per heavy atom. The van der Waals surface area contributed by atoms with Crippen LogP contribution in [-0.4, -0.2) is 52.1 Å². The zero-order valence-corrected chi connectivity index (χ0v) is 16.4. The maximum Gasteiger partial charge on any atom is 0.397 e. The lowest BCUT2D eigenvalue weighted by Crippen LogP contribution is -2.44. The maximum atomic E-state index is 13.6. The fraction of sp³-hybridized carbons (Fsp3) is 0.556. The average molecular weight is 447 g/mol. The molecule has 1 aliphatic heterocycles. The summed E-state index contributed by atoms with van der Waals surface area (Å²) in [5.41, 5.74) is -2.74. The largest absolute Gasteiger partial charge is 0.458 e.